The number of carbonyl (C=O) groups excluding carboxylic acids is 2. The molecule has 0 unspecified atom stereocenters. The fraction of sp³-hybridized carbons (Fsp3) is 0.222. The van der Waals surface area contributed by atoms with Gasteiger partial charge < -0.3 is 20.1 Å². The zero-order chi connectivity index (χ0) is 19.8. The van der Waals surface area contributed by atoms with Crippen molar-refractivity contribution in [3.05, 3.63) is 58.1 Å². The van der Waals surface area contributed by atoms with Crippen LogP contribution in [0.15, 0.2) is 42.5 Å². The SMILES string of the molecule is COc1ccc(CCNC(=O)C(=O)Nc2ccc([N+](=O)[O-])cc2)cc1OC. The minimum Gasteiger partial charge on any atom is -0.493 e. The van der Waals surface area contributed by atoms with Crippen molar-refractivity contribution in [3.63, 3.8) is 0 Å². The van der Waals surface area contributed by atoms with Gasteiger partial charge in [0, 0.05) is 24.4 Å². The normalized spacial score (nSPS) is 10.0. The monoisotopic (exact) mass is 373 g/mol. The Morgan fingerprint density at radius 2 is 1.67 bits per heavy atom. The molecular weight excluding hydrogens is 354 g/mol. The van der Waals surface area contributed by atoms with Crippen molar-refractivity contribution < 1.29 is 24.0 Å². The van der Waals surface area contributed by atoms with Gasteiger partial charge in [-0.05, 0) is 36.2 Å². The Morgan fingerprint density at radius 1 is 1.00 bits per heavy atom. The molecule has 0 radical (unpaired) electrons. The number of nitro benzene ring substituents is 1. The molecule has 0 aromatic heterocycles. The van der Waals surface area contributed by atoms with Crippen LogP contribution in [0.25, 0.3) is 0 Å². The second-order valence-electron chi connectivity index (χ2n) is 5.45. The molecule has 0 aliphatic carbocycles. The number of hydrogen-bond donors (Lipinski definition) is 2. The Kier molecular flexibility index (Phi) is 6.70. The number of nitro groups is 1. The van der Waals surface area contributed by atoms with E-state index in [1.165, 1.54) is 31.4 Å². The number of rotatable bonds is 7. The van der Waals surface area contributed by atoms with Gasteiger partial charge in [-0.2, -0.15) is 0 Å². The summed E-state index contributed by atoms with van der Waals surface area (Å²) < 4.78 is 10.4. The van der Waals surface area contributed by atoms with Gasteiger partial charge in [-0.1, -0.05) is 6.07 Å². The van der Waals surface area contributed by atoms with E-state index in [4.69, 9.17) is 9.47 Å². The van der Waals surface area contributed by atoms with E-state index in [0.29, 0.717) is 23.6 Å². The van der Waals surface area contributed by atoms with Crippen LogP contribution >= 0.6 is 0 Å². The zero-order valence-corrected chi connectivity index (χ0v) is 14.9. The number of carbonyl (C=O) groups is 2. The molecule has 0 saturated carbocycles. The smallest absolute Gasteiger partial charge is 0.313 e. The lowest BCUT2D eigenvalue weighted by atomic mass is 10.1. The summed E-state index contributed by atoms with van der Waals surface area (Å²) in [5.41, 5.74) is 1.09. The average molecular weight is 373 g/mol. The molecule has 9 heteroatoms. The van der Waals surface area contributed by atoms with Gasteiger partial charge in [0.25, 0.3) is 5.69 Å². The third kappa shape index (κ3) is 5.43. The highest BCUT2D eigenvalue weighted by Gasteiger charge is 2.14. The lowest BCUT2D eigenvalue weighted by Gasteiger charge is -2.10. The van der Waals surface area contributed by atoms with Crippen LogP contribution in [0, 0.1) is 10.1 Å². The Labute approximate surface area is 155 Å². The maximum atomic E-state index is 11.9. The fourth-order valence-corrected chi connectivity index (χ4v) is 2.29. The largest absolute Gasteiger partial charge is 0.493 e. The summed E-state index contributed by atoms with van der Waals surface area (Å²) in [4.78, 5) is 33.8. The van der Waals surface area contributed by atoms with Gasteiger partial charge >= 0.3 is 11.8 Å². The van der Waals surface area contributed by atoms with E-state index in [1.54, 1.807) is 19.2 Å². The standard InChI is InChI=1S/C18H19N3O6/c1-26-15-8-3-12(11-16(15)27-2)9-10-19-17(22)18(23)20-13-4-6-14(7-5-13)21(24)25/h3-8,11H,9-10H2,1-2H3,(H,19,22)(H,20,23). The van der Waals surface area contributed by atoms with Crippen molar-refractivity contribution in [2.24, 2.45) is 0 Å². The van der Waals surface area contributed by atoms with E-state index >= 15 is 0 Å². The molecule has 2 amide bonds. The first-order chi connectivity index (χ1) is 12.9. The van der Waals surface area contributed by atoms with Gasteiger partial charge in [-0.3, -0.25) is 19.7 Å². The lowest BCUT2D eigenvalue weighted by molar-refractivity contribution is -0.384. The van der Waals surface area contributed by atoms with Crippen molar-refractivity contribution in [3.8, 4) is 11.5 Å². The molecule has 9 nitrogen and oxygen atoms in total. The highest BCUT2D eigenvalue weighted by molar-refractivity contribution is 6.39. The molecule has 0 saturated heterocycles. The van der Waals surface area contributed by atoms with Crippen LogP contribution in [-0.2, 0) is 16.0 Å². The lowest BCUT2D eigenvalue weighted by Crippen LogP contribution is -2.36. The van der Waals surface area contributed by atoms with E-state index in [1.807, 2.05) is 6.07 Å². The summed E-state index contributed by atoms with van der Waals surface area (Å²) in [6.07, 6.45) is 0.497. The molecule has 2 N–H and O–H groups in total. The highest BCUT2D eigenvalue weighted by atomic mass is 16.6. The molecule has 0 heterocycles. The summed E-state index contributed by atoms with van der Waals surface area (Å²) in [7, 11) is 3.08. The summed E-state index contributed by atoms with van der Waals surface area (Å²) in [6, 6.07) is 10.6. The number of nitrogens with one attached hydrogen (secondary N) is 2. The molecule has 2 aromatic carbocycles. The van der Waals surface area contributed by atoms with Gasteiger partial charge in [0.15, 0.2) is 11.5 Å². The van der Waals surface area contributed by atoms with Gasteiger partial charge in [0.05, 0.1) is 19.1 Å². The molecule has 142 valence electrons. The van der Waals surface area contributed by atoms with Crippen LogP contribution in [-0.4, -0.2) is 37.5 Å². The van der Waals surface area contributed by atoms with Crippen LogP contribution in [0.5, 0.6) is 11.5 Å². The van der Waals surface area contributed by atoms with Gasteiger partial charge in [0.2, 0.25) is 0 Å². The summed E-state index contributed by atoms with van der Waals surface area (Å²) in [6.45, 7) is 0.252. The number of benzene rings is 2. The third-order valence-corrected chi connectivity index (χ3v) is 3.69. The molecule has 0 aliphatic heterocycles. The average Bonchev–Trinajstić information content (AvgIpc) is 2.68. The second kappa shape index (κ2) is 9.18. The Bertz CT molecular complexity index is 835. The van der Waals surface area contributed by atoms with Gasteiger partial charge in [0.1, 0.15) is 0 Å². The molecule has 2 rings (SSSR count). The van der Waals surface area contributed by atoms with E-state index in [0.717, 1.165) is 5.56 Å². The predicted molar refractivity (Wildman–Crippen MR) is 98.0 cm³/mol. The van der Waals surface area contributed by atoms with Crippen molar-refractivity contribution >= 4 is 23.2 Å². The molecule has 0 fully saturated rings. The summed E-state index contributed by atoms with van der Waals surface area (Å²) >= 11 is 0. The van der Waals surface area contributed by atoms with Crippen LogP contribution in [0.3, 0.4) is 0 Å². The van der Waals surface area contributed by atoms with E-state index < -0.39 is 16.7 Å². The fourth-order valence-electron chi connectivity index (χ4n) is 2.29. The first-order valence-electron chi connectivity index (χ1n) is 7.99. The molecule has 0 aliphatic rings. The summed E-state index contributed by atoms with van der Waals surface area (Å²) in [5.74, 6) is -0.463. The molecule has 0 bridgehead atoms. The van der Waals surface area contributed by atoms with E-state index in [9.17, 15) is 19.7 Å². The maximum absolute atomic E-state index is 11.9. The first-order valence-corrected chi connectivity index (χ1v) is 7.99. The summed E-state index contributed by atoms with van der Waals surface area (Å²) in [5, 5.41) is 15.5. The number of non-ortho nitro benzene ring substituents is 1. The second-order valence-corrected chi connectivity index (χ2v) is 5.45. The molecule has 2 aromatic rings. The Balaban J connectivity index is 1.84. The Hall–Kier alpha value is -3.62. The van der Waals surface area contributed by atoms with Crippen molar-refractivity contribution in [2.75, 3.05) is 26.1 Å². The van der Waals surface area contributed by atoms with Crippen molar-refractivity contribution in [1.82, 2.24) is 5.32 Å². The number of anilines is 1. The van der Waals surface area contributed by atoms with Crippen molar-refractivity contribution in [2.45, 2.75) is 6.42 Å². The van der Waals surface area contributed by atoms with E-state index in [-0.39, 0.29) is 12.2 Å². The van der Waals surface area contributed by atoms with E-state index in [2.05, 4.69) is 10.6 Å². The zero-order valence-electron chi connectivity index (χ0n) is 14.9. The molecule has 27 heavy (non-hydrogen) atoms. The van der Waals surface area contributed by atoms with Gasteiger partial charge in [-0.15, -0.1) is 0 Å². The van der Waals surface area contributed by atoms with Crippen LogP contribution in [0.4, 0.5) is 11.4 Å². The number of methoxy groups -OCH3 is 2. The molecule has 0 spiro atoms. The first kappa shape index (κ1) is 19.7. The minimum absolute atomic E-state index is 0.104. The number of ether oxygens (including phenoxy) is 2. The van der Waals surface area contributed by atoms with Crippen LogP contribution in [0.1, 0.15) is 5.56 Å². The van der Waals surface area contributed by atoms with Crippen molar-refractivity contribution in [1.29, 1.82) is 0 Å². The topological polar surface area (TPSA) is 120 Å². The maximum Gasteiger partial charge on any atom is 0.313 e. The van der Waals surface area contributed by atoms with Gasteiger partial charge in [-0.25, -0.2) is 0 Å². The molecule has 0 atom stereocenters. The third-order valence-electron chi connectivity index (χ3n) is 3.69. The van der Waals surface area contributed by atoms with Crippen LogP contribution < -0.4 is 20.1 Å². The predicted octanol–water partition coefficient (Wildman–Crippen LogP) is 1.91. The Morgan fingerprint density at radius 3 is 2.26 bits per heavy atom. The minimum atomic E-state index is -0.851. The quantitative estimate of drug-likeness (QED) is 0.435. The van der Waals surface area contributed by atoms with Crippen LogP contribution in [0.2, 0.25) is 0 Å². The molecular formula is C18H19N3O6. The number of hydrogen-bond acceptors (Lipinski definition) is 6. The highest BCUT2D eigenvalue weighted by Crippen LogP contribution is 2.27. The number of amides is 2. The number of nitrogens with zero attached hydrogens (tertiary/aromatic N) is 1.